The van der Waals surface area contributed by atoms with Gasteiger partial charge in [0.15, 0.2) is 0 Å². The first-order valence-electron chi connectivity index (χ1n) is 7.41. The van der Waals surface area contributed by atoms with Gasteiger partial charge >= 0.3 is 0 Å². The molecule has 1 unspecified atom stereocenters. The smallest absolute Gasteiger partial charge is 0.131 e. The van der Waals surface area contributed by atoms with Gasteiger partial charge in [0.2, 0.25) is 0 Å². The van der Waals surface area contributed by atoms with E-state index in [0.717, 1.165) is 16.7 Å². The van der Waals surface area contributed by atoms with E-state index in [1.54, 1.807) is 13.1 Å². The minimum Gasteiger partial charge on any atom is -0.387 e. The van der Waals surface area contributed by atoms with Gasteiger partial charge in [-0.1, -0.05) is 30.3 Å². The molecule has 0 saturated heterocycles. The summed E-state index contributed by atoms with van der Waals surface area (Å²) in [5, 5.41) is 13.0. The number of aliphatic hydroxyl groups excluding tert-OH is 1. The van der Waals surface area contributed by atoms with Crippen molar-refractivity contribution in [3.8, 4) is 11.1 Å². The van der Waals surface area contributed by atoms with Crippen LogP contribution in [0.5, 0.6) is 0 Å². The molecule has 3 heteroatoms. The normalized spacial score (nSPS) is 16.0. The molecule has 0 aromatic heterocycles. The van der Waals surface area contributed by atoms with Crippen LogP contribution in [0.4, 0.5) is 4.39 Å². The van der Waals surface area contributed by atoms with Crippen LogP contribution < -0.4 is 5.32 Å². The summed E-state index contributed by atoms with van der Waals surface area (Å²) in [6.45, 7) is 0.479. The molecule has 1 fully saturated rings. The lowest BCUT2D eigenvalue weighted by molar-refractivity contribution is 0.178. The van der Waals surface area contributed by atoms with Crippen molar-refractivity contribution in [3.63, 3.8) is 0 Å². The third-order valence-electron chi connectivity index (χ3n) is 4.02. The molecule has 0 radical (unpaired) electrons. The van der Waals surface area contributed by atoms with Crippen molar-refractivity contribution in [2.75, 3.05) is 13.6 Å². The van der Waals surface area contributed by atoms with E-state index < -0.39 is 6.10 Å². The summed E-state index contributed by atoms with van der Waals surface area (Å²) < 4.78 is 14.3. The van der Waals surface area contributed by atoms with Gasteiger partial charge in [0.1, 0.15) is 5.82 Å². The molecule has 2 aromatic rings. The van der Waals surface area contributed by atoms with Gasteiger partial charge in [-0.2, -0.15) is 0 Å². The fraction of sp³-hybridized carbons (Fsp3) is 0.333. The number of nitrogens with one attached hydrogen (secondary N) is 1. The summed E-state index contributed by atoms with van der Waals surface area (Å²) in [5.74, 6) is 0.372. The quantitative estimate of drug-likeness (QED) is 0.879. The molecule has 1 saturated carbocycles. The Morgan fingerprint density at radius 2 is 2.05 bits per heavy atom. The van der Waals surface area contributed by atoms with Crippen molar-refractivity contribution in [2.24, 2.45) is 0 Å². The maximum atomic E-state index is 14.3. The van der Waals surface area contributed by atoms with Gasteiger partial charge in [-0.15, -0.1) is 0 Å². The molecule has 1 aliphatic carbocycles. The van der Waals surface area contributed by atoms with Crippen LogP contribution >= 0.6 is 0 Å². The number of likely N-dealkylation sites (N-methyl/N-ethyl adjacent to an activating group) is 1. The predicted octanol–water partition coefficient (Wildman–Crippen LogP) is 3.62. The first-order valence-corrected chi connectivity index (χ1v) is 7.41. The van der Waals surface area contributed by atoms with Gasteiger partial charge in [0.25, 0.3) is 0 Å². The summed E-state index contributed by atoms with van der Waals surface area (Å²) in [4.78, 5) is 0. The molecule has 2 nitrogen and oxygen atoms in total. The molecule has 2 aromatic carbocycles. The summed E-state index contributed by atoms with van der Waals surface area (Å²) in [5.41, 5.74) is 3.30. The second-order valence-corrected chi connectivity index (χ2v) is 5.71. The van der Waals surface area contributed by atoms with E-state index in [1.165, 1.54) is 12.8 Å². The van der Waals surface area contributed by atoms with Crippen LogP contribution in [0.1, 0.15) is 36.0 Å². The molecule has 2 N–H and O–H groups in total. The van der Waals surface area contributed by atoms with Crippen LogP contribution in [0.25, 0.3) is 11.1 Å². The van der Waals surface area contributed by atoms with Gasteiger partial charge in [0.05, 0.1) is 6.10 Å². The maximum absolute atomic E-state index is 14.3. The zero-order valence-electron chi connectivity index (χ0n) is 12.1. The largest absolute Gasteiger partial charge is 0.387 e. The van der Waals surface area contributed by atoms with Crippen molar-refractivity contribution < 1.29 is 9.50 Å². The van der Waals surface area contributed by atoms with Crippen LogP contribution in [0.2, 0.25) is 0 Å². The number of hydrogen-bond donors (Lipinski definition) is 2. The molecular formula is C18H20FNO. The van der Waals surface area contributed by atoms with E-state index in [1.807, 2.05) is 36.4 Å². The number of benzene rings is 2. The number of rotatable bonds is 5. The third-order valence-corrected chi connectivity index (χ3v) is 4.02. The highest BCUT2D eigenvalue weighted by Gasteiger charge is 2.24. The molecule has 0 aliphatic heterocycles. The molecule has 0 heterocycles. The monoisotopic (exact) mass is 285 g/mol. The average molecular weight is 285 g/mol. The van der Waals surface area contributed by atoms with Crippen molar-refractivity contribution in [1.82, 2.24) is 5.32 Å². The van der Waals surface area contributed by atoms with Gasteiger partial charge < -0.3 is 10.4 Å². The second-order valence-electron chi connectivity index (χ2n) is 5.71. The lowest BCUT2D eigenvalue weighted by atomic mass is 9.98. The molecule has 0 bridgehead atoms. The Kier molecular flexibility index (Phi) is 4.04. The number of hydrogen-bond acceptors (Lipinski definition) is 2. The van der Waals surface area contributed by atoms with Gasteiger partial charge in [-0.25, -0.2) is 4.39 Å². The molecule has 1 aliphatic rings. The Balaban J connectivity index is 1.91. The zero-order valence-corrected chi connectivity index (χ0v) is 12.1. The maximum Gasteiger partial charge on any atom is 0.131 e. The average Bonchev–Trinajstić information content (AvgIpc) is 3.32. The van der Waals surface area contributed by atoms with E-state index >= 15 is 0 Å². The Bertz CT molecular complexity index is 637. The van der Waals surface area contributed by atoms with E-state index in [-0.39, 0.29) is 5.82 Å². The molecule has 0 amide bonds. The molecule has 3 rings (SSSR count). The summed E-state index contributed by atoms with van der Waals surface area (Å²) >= 11 is 0. The fourth-order valence-corrected chi connectivity index (χ4v) is 2.66. The van der Waals surface area contributed by atoms with E-state index in [9.17, 15) is 9.50 Å². The van der Waals surface area contributed by atoms with Crippen LogP contribution in [0.3, 0.4) is 0 Å². The first-order chi connectivity index (χ1) is 10.2. The Labute approximate surface area is 124 Å². The van der Waals surface area contributed by atoms with Crippen molar-refractivity contribution in [3.05, 3.63) is 59.4 Å². The lowest BCUT2D eigenvalue weighted by Gasteiger charge is -2.12. The summed E-state index contributed by atoms with van der Waals surface area (Å²) in [7, 11) is 1.79. The van der Waals surface area contributed by atoms with E-state index in [2.05, 4.69) is 5.32 Å². The summed E-state index contributed by atoms with van der Waals surface area (Å²) in [6.07, 6.45) is 1.76. The van der Waals surface area contributed by atoms with Gasteiger partial charge in [-0.05, 0) is 54.6 Å². The lowest BCUT2D eigenvalue weighted by Crippen LogP contribution is -2.16. The zero-order chi connectivity index (χ0) is 14.8. The van der Waals surface area contributed by atoms with Crippen molar-refractivity contribution in [2.45, 2.75) is 24.9 Å². The Morgan fingerprint density at radius 3 is 2.71 bits per heavy atom. The van der Waals surface area contributed by atoms with E-state index in [0.29, 0.717) is 18.0 Å². The highest BCUT2D eigenvalue weighted by molar-refractivity contribution is 5.65. The topological polar surface area (TPSA) is 32.3 Å². The molecule has 0 spiro atoms. The standard InChI is InChI=1S/C18H20FNO/c1-20-11-18(21)15-4-2-3-14(9-15)16-8-7-13(10-17(16)19)12-5-6-12/h2-4,7-10,12,18,20-21H,5-6,11H2,1H3. The Morgan fingerprint density at radius 1 is 1.24 bits per heavy atom. The van der Waals surface area contributed by atoms with Crippen LogP contribution in [-0.4, -0.2) is 18.7 Å². The van der Waals surface area contributed by atoms with Crippen LogP contribution in [-0.2, 0) is 0 Å². The minimum atomic E-state index is -0.580. The molecular weight excluding hydrogens is 265 g/mol. The van der Waals surface area contributed by atoms with Crippen molar-refractivity contribution >= 4 is 0 Å². The summed E-state index contributed by atoms with van der Waals surface area (Å²) in [6, 6.07) is 13.0. The second kappa shape index (κ2) is 5.96. The minimum absolute atomic E-state index is 0.181. The fourth-order valence-electron chi connectivity index (χ4n) is 2.66. The Hall–Kier alpha value is -1.71. The van der Waals surface area contributed by atoms with Gasteiger partial charge in [0, 0.05) is 12.1 Å². The van der Waals surface area contributed by atoms with Crippen molar-refractivity contribution in [1.29, 1.82) is 0 Å². The number of aliphatic hydroxyl groups is 1. The first kappa shape index (κ1) is 14.2. The predicted molar refractivity (Wildman–Crippen MR) is 82.7 cm³/mol. The van der Waals surface area contributed by atoms with Gasteiger partial charge in [-0.3, -0.25) is 0 Å². The van der Waals surface area contributed by atoms with Crippen LogP contribution in [0, 0.1) is 5.82 Å². The van der Waals surface area contributed by atoms with E-state index in [4.69, 9.17) is 0 Å². The highest BCUT2D eigenvalue weighted by Crippen LogP contribution is 2.41. The molecule has 21 heavy (non-hydrogen) atoms. The molecule has 1 atom stereocenters. The third kappa shape index (κ3) is 3.14. The molecule has 110 valence electrons. The van der Waals surface area contributed by atoms with Crippen LogP contribution in [0.15, 0.2) is 42.5 Å². The highest BCUT2D eigenvalue weighted by atomic mass is 19.1. The SMILES string of the molecule is CNCC(O)c1cccc(-c2ccc(C3CC3)cc2F)c1. The number of halogens is 1.